The summed E-state index contributed by atoms with van der Waals surface area (Å²) >= 11 is 0. The standard InChI is InChI=1S/C24H24N4O3/c1-15-7-6-14-28-22(16(2)26-23(15)28)24(31)25-13-5-12-21(30)27-19-10-3-9-18-17(19)8-4-11-20(18)29/h3-4,6-11,14,29H,5,12-13H2,1-2H3,(H,25,31)(H,27,30). The maximum absolute atomic E-state index is 12.7. The first-order valence-electron chi connectivity index (χ1n) is 10.2. The molecule has 158 valence electrons. The highest BCUT2D eigenvalue weighted by molar-refractivity contribution is 6.03. The Kier molecular flexibility index (Phi) is 5.58. The number of nitrogens with one attached hydrogen (secondary N) is 2. The van der Waals surface area contributed by atoms with E-state index < -0.39 is 0 Å². The van der Waals surface area contributed by atoms with Crippen molar-refractivity contribution in [1.82, 2.24) is 14.7 Å². The molecule has 0 saturated carbocycles. The molecule has 0 saturated heterocycles. The molecular formula is C24H24N4O3. The van der Waals surface area contributed by atoms with Crippen LogP contribution >= 0.6 is 0 Å². The summed E-state index contributed by atoms with van der Waals surface area (Å²) in [6.07, 6.45) is 2.59. The van der Waals surface area contributed by atoms with Gasteiger partial charge in [0.25, 0.3) is 5.91 Å². The van der Waals surface area contributed by atoms with E-state index in [2.05, 4.69) is 15.6 Å². The number of carbonyl (C=O) groups is 2. The van der Waals surface area contributed by atoms with E-state index in [1.807, 2.05) is 38.2 Å². The molecule has 0 aliphatic rings. The lowest BCUT2D eigenvalue weighted by atomic mass is 10.1. The quantitative estimate of drug-likeness (QED) is 0.415. The summed E-state index contributed by atoms with van der Waals surface area (Å²) in [7, 11) is 0. The van der Waals surface area contributed by atoms with Crippen molar-refractivity contribution in [3.8, 4) is 5.75 Å². The fourth-order valence-electron chi connectivity index (χ4n) is 3.74. The number of aromatic hydroxyl groups is 1. The zero-order valence-corrected chi connectivity index (χ0v) is 17.5. The predicted octanol–water partition coefficient (Wildman–Crippen LogP) is 3.96. The fourth-order valence-corrected chi connectivity index (χ4v) is 3.74. The summed E-state index contributed by atoms with van der Waals surface area (Å²) in [6, 6.07) is 14.5. The van der Waals surface area contributed by atoms with Crippen LogP contribution in [0.15, 0.2) is 54.7 Å². The fraction of sp³-hybridized carbons (Fsp3) is 0.208. The number of aryl methyl sites for hydroxylation is 2. The highest BCUT2D eigenvalue weighted by Crippen LogP contribution is 2.29. The Morgan fingerprint density at radius 2 is 1.81 bits per heavy atom. The van der Waals surface area contributed by atoms with Gasteiger partial charge in [-0.15, -0.1) is 0 Å². The lowest BCUT2D eigenvalue weighted by molar-refractivity contribution is -0.116. The van der Waals surface area contributed by atoms with Gasteiger partial charge in [-0.1, -0.05) is 30.3 Å². The van der Waals surface area contributed by atoms with Crippen LogP contribution in [-0.2, 0) is 4.79 Å². The number of pyridine rings is 1. The number of nitrogens with zero attached hydrogens (tertiary/aromatic N) is 2. The number of hydrogen-bond acceptors (Lipinski definition) is 4. The van der Waals surface area contributed by atoms with Crippen molar-refractivity contribution >= 4 is 33.9 Å². The molecule has 0 fully saturated rings. The molecule has 7 heteroatoms. The highest BCUT2D eigenvalue weighted by atomic mass is 16.3. The molecule has 4 rings (SSSR count). The topological polar surface area (TPSA) is 95.7 Å². The molecule has 0 aliphatic heterocycles. The summed E-state index contributed by atoms with van der Waals surface area (Å²) < 4.78 is 1.79. The van der Waals surface area contributed by atoms with Gasteiger partial charge in [0.15, 0.2) is 0 Å². The normalized spacial score (nSPS) is 11.0. The molecule has 0 spiro atoms. The molecule has 2 aromatic heterocycles. The van der Waals surface area contributed by atoms with E-state index in [0.29, 0.717) is 35.4 Å². The van der Waals surface area contributed by atoms with Gasteiger partial charge in [-0.2, -0.15) is 0 Å². The second kappa shape index (κ2) is 8.47. The smallest absolute Gasteiger partial charge is 0.270 e. The van der Waals surface area contributed by atoms with Crippen LogP contribution in [-0.4, -0.2) is 32.9 Å². The van der Waals surface area contributed by atoms with Crippen molar-refractivity contribution < 1.29 is 14.7 Å². The van der Waals surface area contributed by atoms with Crippen molar-refractivity contribution in [1.29, 1.82) is 0 Å². The average Bonchev–Trinajstić information content (AvgIpc) is 3.09. The van der Waals surface area contributed by atoms with Crippen LogP contribution in [0.25, 0.3) is 16.4 Å². The molecule has 3 N–H and O–H groups in total. The number of amides is 2. The Morgan fingerprint density at radius 3 is 2.65 bits per heavy atom. The van der Waals surface area contributed by atoms with Crippen LogP contribution in [0.3, 0.4) is 0 Å². The number of imidazole rings is 1. The molecule has 0 aliphatic carbocycles. The number of benzene rings is 2. The minimum atomic E-state index is -0.208. The van der Waals surface area contributed by atoms with Crippen LogP contribution in [0.5, 0.6) is 5.75 Å². The number of carbonyl (C=O) groups excluding carboxylic acids is 2. The largest absolute Gasteiger partial charge is 0.507 e. The third-order valence-electron chi connectivity index (χ3n) is 5.27. The number of anilines is 1. The van der Waals surface area contributed by atoms with Crippen molar-refractivity contribution in [2.24, 2.45) is 0 Å². The summed E-state index contributed by atoms with van der Waals surface area (Å²) in [5.41, 5.74) is 3.61. The van der Waals surface area contributed by atoms with Gasteiger partial charge >= 0.3 is 0 Å². The highest BCUT2D eigenvalue weighted by Gasteiger charge is 2.17. The van der Waals surface area contributed by atoms with Gasteiger partial charge in [-0.05, 0) is 44.0 Å². The second-order valence-electron chi connectivity index (χ2n) is 7.52. The molecule has 2 heterocycles. The van der Waals surface area contributed by atoms with Crippen LogP contribution in [0.4, 0.5) is 5.69 Å². The van der Waals surface area contributed by atoms with Gasteiger partial charge in [0, 0.05) is 35.6 Å². The van der Waals surface area contributed by atoms with E-state index in [9.17, 15) is 14.7 Å². The lowest BCUT2D eigenvalue weighted by Crippen LogP contribution is -2.27. The average molecular weight is 416 g/mol. The van der Waals surface area contributed by atoms with Gasteiger partial charge in [-0.25, -0.2) is 4.98 Å². The summed E-state index contributed by atoms with van der Waals surface area (Å²) in [5, 5.41) is 17.2. The molecule has 0 radical (unpaired) electrons. The van der Waals surface area contributed by atoms with E-state index in [1.54, 1.807) is 34.7 Å². The molecule has 0 bridgehead atoms. The van der Waals surface area contributed by atoms with Crippen LogP contribution in [0.2, 0.25) is 0 Å². The number of phenols is 1. The van der Waals surface area contributed by atoms with Crippen molar-refractivity contribution in [2.75, 3.05) is 11.9 Å². The Morgan fingerprint density at radius 1 is 1.03 bits per heavy atom. The Bertz CT molecular complexity index is 1290. The molecule has 31 heavy (non-hydrogen) atoms. The van der Waals surface area contributed by atoms with Crippen molar-refractivity contribution in [3.63, 3.8) is 0 Å². The minimum Gasteiger partial charge on any atom is -0.507 e. The van der Waals surface area contributed by atoms with E-state index in [4.69, 9.17) is 0 Å². The molecule has 2 amide bonds. The number of fused-ring (bicyclic) bond motifs is 2. The number of aromatic nitrogens is 2. The molecule has 4 aromatic rings. The van der Waals surface area contributed by atoms with Crippen molar-refractivity contribution in [2.45, 2.75) is 26.7 Å². The molecule has 0 unspecified atom stereocenters. The summed E-state index contributed by atoms with van der Waals surface area (Å²) in [5.74, 6) is -0.179. The molecular weight excluding hydrogens is 392 g/mol. The Balaban J connectivity index is 1.34. The predicted molar refractivity (Wildman–Crippen MR) is 120 cm³/mol. The first-order valence-corrected chi connectivity index (χ1v) is 10.2. The van der Waals surface area contributed by atoms with Gasteiger partial charge in [-0.3, -0.25) is 14.0 Å². The van der Waals surface area contributed by atoms with E-state index in [1.165, 1.54) is 0 Å². The van der Waals surface area contributed by atoms with E-state index in [-0.39, 0.29) is 24.0 Å². The minimum absolute atomic E-state index is 0.147. The zero-order chi connectivity index (χ0) is 22.0. The number of hydrogen-bond donors (Lipinski definition) is 3. The third kappa shape index (κ3) is 4.07. The zero-order valence-electron chi connectivity index (χ0n) is 17.5. The lowest BCUT2D eigenvalue weighted by Gasteiger charge is -2.10. The summed E-state index contributed by atoms with van der Waals surface area (Å²) in [6.45, 7) is 4.15. The second-order valence-corrected chi connectivity index (χ2v) is 7.52. The van der Waals surface area contributed by atoms with Crippen LogP contribution < -0.4 is 10.6 Å². The molecule has 7 nitrogen and oxygen atoms in total. The SMILES string of the molecule is Cc1nc2c(C)cccn2c1C(=O)NCCCC(=O)Nc1cccc2c(O)cccc12. The number of phenolic OH excluding ortho intramolecular Hbond substituents is 1. The van der Waals surface area contributed by atoms with Gasteiger partial charge in [0.2, 0.25) is 5.91 Å². The third-order valence-corrected chi connectivity index (χ3v) is 5.27. The first-order chi connectivity index (χ1) is 15.0. The first kappa shape index (κ1) is 20.4. The van der Waals surface area contributed by atoms with E-state index >= 15 is 0 Å². The Labute approximate surface area is 179 Å². The Hall–Kier alpha value is -3.87. The van der Waals surface area contributed by atoms with Gasteiger partial charge in [0.1, 0.15) is 17.1 Å². The maximum Gasteiger partial charge on any atom is 0.270 e. The van der Waals surface area contributed by atoms with Gasteiger partial charge < -0.3 is 15.7 Å². The maximum atomic E-state index is 12.7. The van der Waals surface area contributed by atoms with Gasteiger partial charge in [0.05, 0.1) is 5.69 Å². The van der Waals surface area contributed by atoms with E-state index in [0.717, 1.165) is 16.6 Å². The number of rotatable bonds is 6. The molecule has 2 aromatic carbocycles. The van der Waals surface area contributed by atoms with Crippen molar-refractivity contribution in [3.05, 3.63) is 71.7 Å². The van der Waals surface area contributed by atoms with Crippen LogP contribution in [0.1, 0.15) is 34.6 Å². The monoisotopic (exact) mass is 416 g/mol. The molecule has 0 atom stereocenters. The summed E-state index contributed by atoms with van der Waals surface area (Å²) in [4.78, 5) is 29.5. The van der Waals surface area contributed by atoms with Crippen LogP contribution in [0, 0.1) is 13.8 Å².